The highest BCUT2D eigenvalue weighted by Crippen LogP contribution is 2.36. The standard InChI is InChI=1S/C11H16N2OS/c1-13(2)11(5-3-4-6-11)10(14)9-7-15-8-12-9/h7-8H,3-6H2,1-2H3. The van der Waals surface area contributed by atoms with Gasteiger partial charge < -0.3 is 0 Å². The summed E-state index contributed by atoms with van der Waals surface area (Å²) in [6, 6.07) is 0. The van der Waals surface area contributed by atoms with Crippen molar-refractivity contribution in [3.8, 4) is 0 Å². The van der Waals surface area contributed by atoms with Crippen molar-refractivity contribution >= 4 is 17.1 Å². The molecule has 0 aromatic carbocycles. The van der Waals surface area contributed by atoms with Gasteiger partial charge in [-0.25, -0.2) is 4.98 Å². The van der Waals surface area contributed by atoms with Crippen molar-refractivity contribution in [1.82, 2.24) is 9.88 Å². The fraction of sp³-hybridized carbons (Fsp3) is 0.636. The maximum Gasteiger partial charge on any atom is 0.202 e. The maximum atomic E-state index is 12.4. The minimum atomic E-state index is -0.284. The molecule has 3 nitrogen and oxygen atoms in total. The van der Waals surface area contributed by atoms with E-state index in [0.717, 1.165) is 25.7 Å². The molecule has 2 rings (SSSR count). The summed E-state index contributed by atoms with van der Waals surface area (Å²) in [6.45, 7) is 0. The Morgan fingerprint density at radius 3 is 2.60 bits per heavy atom. The van der Waals surface area contributed by atoms with Crippen molar-refractivity contribution in [2.24, 2.45) is 0 Å². The SMILES string of the molecule is CN(C)C1(C(=O)c2cscn2)CCCC1. The van der Waals surface area contributed by atoms with E-state index in [4.69, 9.17) is 0 Å². The Labute approximate surface area is 94.1 Å². The van der Waals surface area contributed by atoms with Gasteiger partial charge >= 0.3 is 0 Å². The summed E-state index contributed by atoms with van der Waals surface area (Å²) in [7, 11) is 3.99. The van der Waals surface area contributed by atoms with E-state index < -0.39 is 0 Å². The second-order valence-corrected chi connectivity index (χ2v) is 5.05. The normalized spacial score (nSPS) is 19.7. The minimum Gasteiger partial charge on any atom is -0.297 e. The van der Waals surface area contributed by atoms with Gasteiger partial charge in [-0.1, -0.05) is 12.8 Å². The molecule has 15 heavy (non-hydrogen) atoms. The van der Waals surface area contributed by atoms with E-state index in [2.05, 4.69) is 9.88 Å². The smallest absolute Gasteiger partial charge is 0.202 e. The van der Waals surface area contributed by atoms with Crippen molar-refractivity contribution < 1.29 is 4.79 Å². The second-order valence-electron chi connectivity index (χ2n) is 4.34. The van der Waals surface area contributed by atoms with E-state index in [9.17, 15) is 4.79 Å². The molecule has 0 atom stereocenters. The first-order valence-corrected chi connectivity index (χ1v) is 6.21. The van der Waals surface area contributed by atoms with E-state index in [1.54, 1.807) is 5.51 Å². The van der Waals surface area contributed by atoms with Gasteiger partial charge in [0.25, 0.3) is 0 Å². The molecule has 1 aliphatic rings. The number of carbonyl (C=O) groups is 1. The van der Waals surface area contributed by atoms with E-state index in [1.807, 2.05) is 19.5 Å². The molecule has 0 unspecified atom stereocenters. The number of aromatic nitrogens is 1. The summed E-state index contributed by atoms with van der Waals surface area (Å²) in [5.41, 5.74) is 2.08. The third-order valence-electron chi connectivity index (χ3n) is 3.37. The quantitative estimate of drug-likeness (QED) is 0.738. The molecule has 1 saturated carbocycles. The fourth-order valence-electron chi connectivity index (χ4n) is 2.40. The van der Waals surface area contributed by atoms with Crippen LogP contribution in [0.15, 0.2) is 10.9 Å². The fourth-order valence-corrected chi connectivity index (χ4v) is 2.93. The van der Waals surface area contributed by atoms with E-state index >= 15 is 0 Å². The maximum absolute atomic E-state index is 12.4. The number of nitrogens with zero attached hydrogens (tertiary/aromatic N) is 2. The predicted molar refractivity (Wildman–Crippen MR) is 61.3 cm³/mol. The number of thiazole rings is 1. The average Bonchev–Trinajstić information content (AvgIpc) is 2.89. The van der Waals surface area contributed by atoms with E-state index in [1.165, 1.54) is 11.3 Å². The summed E-state index contributed by atoms with van der Waals surface area (Å²) in [5, 5.41) is 1.85. The van der Waals surface area contributed by atoms with Crippen LogP contribution in [0.5, 0.6) is 0 Å². The zero-order valence-electron chi connectivity index (χ0n) is 9.19. The molecule has 0 bridgehead atoms. The van der Waals surface area contributed by atoms with Crippen LogP contribution >= 0.6 is 11.3 Å². The molecule has 0 amide bonds. The van der Waals surface area contributed by atoms with Gasteiger partial charge in [-0.3, -0.25) is 9.69 Å². The lowest BCUT2D eigenvalue weighted by atomic mass is 9.89. The summed E-state index contributed by atoms with van der Waals surface area (Å²) in [4.78, 5) is 18.6. The average molecular weight is 224 g/mol. The number of carbonyl (C=O) groups excluding carboxylic acids is 1. The number of Topliss-reactive ketones (excluding diaryl/α,β-unsaturated/α-hetero) is 1. The molecule has 0 aliphatic heterocycles. The Bertz CT molecular complexity index is 339. The first-order valence-electron chi connectivity index (χ1n) is 5.27. The van der Waals surface area contributed by atoms with Crippen LogP contribution in [0.1, 0.15) is 36.2 Å². The van der Waals surface area contributed by atoms with Gasteiger partial charge in [-0.05, 0) is 26.9 Å². The highest BCUT2D eigenvalue weighted by molar-refractivity contribution is 7.07. The Kier molecular flexibility index (Phi) is 2.89. The Morgan fingerprint density at radius 2 is 2.13 bits per heavy atom. The first-order chi connectivity index (χ1) is 7.17. The highest BCUT2D eigenvalue weighted by Gasteiger charge is 2.43. The van der Waals surface area contributed by atoms with Crippen LogP contribution in [-0.4, -0.2) is 35.3 Å². The van der Waals surface area contributed by atoms with Crippen molar-refractivity contribution in [2.75, 3.05) is 14.1 Å². The molecule has 0 saturated heterocycles. The molecule has 1 fully saturated rings. The molecule has 82 valence electrons. The minimum absolute atomic E-state index is 0.200. The van der Waals surface area contributed by atoms with Crippen LogP contribution in [-0.2, 0) is 0 Å². The molecular formula is C11H16N2OS. The van der Waals surface area contributed by atoms with Gasteiger partial charge in [0, 0.05) is 5.38 Å². The van der Waals surface area contributed by atoms with Crippen LogP contribution in [0.2, 0.25) is 0 Å². The number of hydrogen-bond acceptors (Lipinski definition) is 4. The molecule has 0 radical (unpaired) electrons. The molecule has 1 aromatic rings. The number of rotatable bonds is 3. The molecule has 1 aromatic heterocycles. The van der Waals surface area contributed by atoms with Gasteiger partial charge in [0.15, 0.2) is 0 Å². The lowest BCUT2D eigenvalue weighted by Gasteiger charge is -2.34. The second kappa shape index (κ2) is 4.02. The monoisotopic (exact) mass is 224 g/mol. The van der Waals surface area contributed by atoms with Crippen LogP contribution in [0.3, 0.4) is 0 Å². The number of likely N-dealkylation sites (N-methyl/N-ethyl adjacent to an activating group) is 1. The van der Waals surface area contributed by atoms with Crippen molar-refractivity contribution in [2.45, 2.75) is 31.2 Å². The van der Waals surface area contributed by atoms with Crippen LogP contribution in [0.4, 0.5) is 0 Å². The van der Waals surface area contributed by atoms with Crippen LogP contribution in [0, 0.1) is 0 Å². The third-order valence-corrected chi connectivity index (χ3v) is 3.96. The summed E-state index contributed by atoms with van der Waals surface area (Å²) >= 11 is 1.49. The highest BCUT2D eigenvalue weighted by atomic mass is 32.1. The van der Waals surface area contributed by atoms with Crippen molar-refractivity contribution in [3.05, 3.63) is 16.6 Å². The van der Waals surface area contributed by atoms with Crippen LogP contribution < -0.4 is 0 Å². The first kappa shape index (κ1) is 10.8. The zero-order chi connectivity index (χ0) is 10.9. The lowest BCUT2D eigenvalue weighted by Crippen LogP contribution is -2.49. The van der Waals surface area contributed by atoms with E-state index in [-0.39, 0.29) is 11.3 Å². The Hall–Kier alpha value is -0.740. The van der Waals surface area contributed by atoms with Crippen molar-refractivity contribution in [1.29, 1.82) is 0 Å². The summed E-state index contributed by atoms with van der Waals surface area (Å²) < 4.78 is 0. The third kappa shape index (κ3) is 1.72. The summed E-state index contributed by atoms with van der Waals surface area (Å²) in [5.74, 6) is 0.200. The lowest BCUT2D eigenvalue weighted by molar-refractivity contribution is 0.0688. The van der Waals surface area contributed by atoms with Gasteiger partial charge in [0.1, 0.15) is 5.69 Å². The van der Waals surface area contributed by atoms with E-state index in [0.29, 0.717) is 5.69 Å². The topological polar surface area (TPSA) is 33.2 Å². The zero-order valence-corrected chi connectivity index (χ0v) is 10.0. The number of ketones is 1. The number of hydrogen-bond donors (Lipinski definition) is 0. The Morgan fingerprint density at radius 1 is 1.47 bits per heavy atom. The van der Waals surface area contributed by atoms with Crippen LogP contribution in [0.25, 0.3) is 0 Å². The molecule has 0 spiro atoms. The molecule has 1 heterocycles. The Balaban J connectivity index is 2.30. The van der Waals surface area contributed by atoms with Gasteiger partial charge in [-0.2, -0.15) is 0 Å². The molecule has 1 aliphatic carbocycles. The largest absolute Gasteiger partial charge is 0.297 e. The summed E-state index contributed by atoms with van der Waals surface area (Å²) in [6.07, 6.45) is 4.23. The van der Waals surface area contributed by atoms with Gasteiger partial charge in [-0.15, -0.1) is 11.3 Å². The van der Waals surface area contributed by atoms with Gasteiger partial charge in [0.2, 0.25) is 5.78 Å². The molecule has 4 heteroatoms. The molecule has 0 N–H and O–H groups in total. The molecular weight excluding hydrogens is 208 g/mol. The van der Waals surface area contributed by atoms with Crippen molar-refractivity contribution in [3.63, 3.8) is 0 Å². The van der Waals surface area contributed by atoms with Gasteiger partial charge in [0.05, 0.1) is 11.0 Å². The predicted octanol–water partition coefficient (Wildman–Crippen LogP) is 2.20.